The van der Waals surface area contributed by atoms with Crippen LogP contribution in [-0.2, 0) is 4.79 Å². The largest absolute Gasteiger partial charge is 0.484 e. The van der Waals surface area contributed by atoms with Crippen molar-refractivity contribution >= 4 is 11.6 Å². The van der Waals surface area contributed by atoms with E-state index in [1.807, 2.05) is 50.2 Å². The molecule has 0 aromatic heterocycles. The summed E-state index contributed by atoms with van der Waals surface area (Å²) in [7, 11) is 0. The Kier molecular flexibility index (Phi) is 5.77. The molecule has 23 heavy (non-hydrogen) atoms. The van der Waals surface area contributed by atoms with Crippen molar-refractivity contribution in [2.45, 2.75) is 32.9 Å². The van der Waals surface area contributed by atoms with E-state index >= 15 is 0 Å². The molecule has 0 saturated carbocycles. The summed E-state index contributed by atoms with van der Waals surface area (Å²) in [6.45, 7) is 5.59. The van der Waals surface area contributed by atoms with Crippen LogP contribution in [0.25, 0.3) is 0 Å². The monoisotopic (exact) mass is 313 g/mol. The minimum atomic E-state index is -0.564. The lowest BCUT2D eigenvalue weighted by Crippen LogP contribution is -2.40. The molecule has 2 rings (SSSR count). The Morgan fingerprint density at radius 2 is 1.78 bits per heavy atom. The fourth-order valence-electron chi connectivity index (χ4n) is 2.40. The highest BCUT2D eigenvalue weighted by molar-refractivity contribution is 5.94. The molecule has 0 saturated heterocycles. The maximum Gasteiger partial charge on any atom is 0.265 e. The van der Waals surface area contributed by atoms with Gasteiger partial charge in [0, 0.05) is 11.7 Å². The second kappa shape index (κ2) is 7.79. The molecule has 2 aromatic rings. The Morgan fingerprint density at radius 1 is 1.09 bits per heavy atom. The van der Waals surface area contributed by atoms with Gasteiger partial charge in [-0.1, -0.05) is 30.3 Å². The van der Waals surface area contributed by atoms with Gasteiger partial charge in [-0.3, -0.25) is 4.79 Å². The fourth-order valence-corrected chi connectivity index (χ4v) is 2.40. The van der Waals surface area contributed by atoms with Gasteiger partial charge in [-0.25, -0.2) is 0 Å². The number of carbonyl (C=O) groups excluding carboxylic acids is 1. The maximum atomic E-state index is 12.5. The molecule has 122 valence electrons. The first-order chi connectivity index (χ1) is 11.0. The van der Waals surface area contributed by atoms with E-state index in [1.165, 1.54) is 0 Å². The molecular formula is C19H23NO3. The molecule has 0 fully saturated rings. The summed E-state index contributed by atoms with van der Waals surface area (Å²) in [4.78, 5) is 14.2. The second-order valence-corrected chi connectivity index (χ2v) is 5.73. The van der Waals surface area contributed by atoms with Gasteiger partial charge in [0.15, 0.2) is 6.61 Å². The molecule has 0 spiro atoms. The van der Waals surface area contributed by atoms with Gasteiger partial charge in [-0.05, 0) is 50.6 Å². The minimum absolute atomic E-state index is 0.0392. The third-order valence-corrected chi connectivity index (χ3v) is 3.52. The SMILES string of the molecule is CC(O)c1cccc(OCC(=O)N(c2ccccc2)C(C)C)c1. The van der Waals surface area contributed by atoms with E-state index in [9.17, 15) is 9.90 Å². The third kappa shape index (κ3) is 4.57. The number of para-hydroxylation sites is 1. The van der Waals surface area contributed by atoms with Gasteiger partial charge in [-0.2, -0.15) is 0 Å². The molecular weight excluding hydrogens is 290 g/mol. The Labute approximate surface area is 137 Å². The first-order valence-electron chi connectivity index (χ1n) is 7.77. The van der Waals surface area contributed by atoms with Crippen molar-refractivity contribution in [2.75, 3.05) is 11.5 Å². The van der Waals surface area contributed by atoms with Crippen LogP contribution in [0.4, 0.5) is 5.69 Å². The average Bonchev–Trinajstić information content (AvgIpc) is 2.54. The molecule has 2 aromatic carbocycles. The number of anilines is 1. The zero-order chi connectivity index (χ0) is 16.8. The number of benzene rings is 2. The van der Waals surface area contributed by atoms with E-state index < -0.39 is 6.10 Å². The quantitative estimate of drug-likeness (QED) is 0.887. The standard InChI is InChI=1S/C19H23NO3/c1-14(2)20(17-9-5-4-6-10-17)19(22)13-23-18-11-7-8-16(12-18)15(3)21/h4-12,14-15,21H,13H2,1-3H3. The number of carbonyl (C=O) groups is 1. The zero-order valence-electron chi connectivity index (χ0n) is 13.8. The predicted molar refractivity (Wildman–Crippen MR) is 91.6 cm³/mol. The first kappa shape index (κ1) is 17.0. The molecule has 1 atom stereocenters. The molecule has 0 aliphatic heterocycles. The number of ether oxygens (including phenoxy) is 1. The highest BCUT2D eigenvalue weighted by atomic mass is 16.5. The normalized spacial score (nSPS) is 12.0. The van der Waals surface area contributed by atoms with Crippen LogP contribution in [0.2, 0.25) is 0 Å². The van der Waals surface area contributed by atoms with E-state index in [1.54, 1.807) is 30.0 Å². The predicted octanol–water partition coefficient (Wildman–Crippen LogP) is 3.56. The number of aliphatic hydroxyl groups excluding tert-OH is 1. The zero-order valence-corrected chi connectivity index (χ0v) is 13.8. The molecule has 4 heteroatoms. The average molecular weight is 313 g/mol. The van der Waals surface area contributed by atoms with E-state index in [-0.39, 0.29) is 18.6 Å². The molecule has 4 nitrogen and oxygen atoms in total. The highest BCUT2D eigenvalue weighted by Crippen LogP contribution is 2.20. The molecule has 1 amide bonds. The van der Waals surface area contributed by atoms with Crippen molar-refractivity contribution in [3.8, 4) is 5.75 Å². The van der Waals surface area contributed by atoms with Gasteiger partial charge in [0.1, 0.15) is 5.75 Å². The van der Waals surface area contributed by atoms with E-state index in [4.69, 9.17) is 4.74 Å². The molecule has 0 bridgehead atoms. The lowest BCUT2D eigenvalue weighted by Gasteiger charge is -2.27. The van der Waals surface area contributed by atoms with Crippen LogP contribution in [0.1, 0.15) is 32.4 Å². The van der Waals surface area contributed by atoms with Gasteiger partial charge in [0.2, 0.25) is 0 Å². The summed E-state index contributed by atoms with van der Waals surface area (Å²) < 4.78 is 5.61. The number of rotatable bonds is 6. The molecule has 1 N–H and O–H groups in total. The molecule has 0 aliphatic carbocycles. The summed E-state index contributed by atoms with van der Waals surface area (Å²) in [6, 6.07) is 16.8. The number of hydrogen-bond acceptors (Lipinski definition) is 3. The van der Waals surface area contributed by atoms with Crippen LogP contribution >= 0.6 is 0 Å². The van der Waals surface area contributed by atoms with Crippen LogP contribution in [0.5, 0.6) is 5.75 Å². The first-order valence-corrected chi connectivity index (χ1v) is 7.77. The number of hydrogen-bond donors (Lipinski definition) is 1. The van der Waals surface area contributed by atoms with Crippen LogP contribution in [-0.4, -0.2) is 23.7 Å². The number of aliphatic hydroxyl groups is 1. The van der Waals surface area contributed by atoms with Crippen molar-refractivity contribution in [1.82, 2.24) is 0 Å². The molecule has 1 unspecified atom stereocenters. The van der Waals surface area contributed by atoms with Gasteiger partial charge in [-0.15, -0.1) is 0 Å². The smallest absolute Gasteiger partial charge is 0.265 e. The lowest BCUT2D eigenvalue weighted by molar-refractivity contribution is -0.120. The highest BCUT2D eigenvalue weighted by Gasteiger charge is 2.19. The summed E-state index contributed by atoms with van der Waals surface area (Å²) in [5, 5.41) is 9.60. The number of amides is 1. The Bertz CT molecular complexity index is 638. The molecule has 0 heterocycles. The topological polar surface area (TPSA) is 49.8 Å². The third-order valence-electron chi connectivity index (χ3n) is 3.52. The van der Waals surface area contributed by atoms with Crippen molar-refractivity contribution < 1.29 is 14.6 Å². The lowest BCUT2D eigenvalue weighted by atomic mass is 10.1. The van der Waals surface area contributed by atoms with Gasteiger partial charge in [0.05, 0.1) is 6.10 Å². The van der Waals surface area contributed by atoms with Crippen LogP contribution in [0.15, 0.2) is 54.6 Å². The fraction of sp³-hybridized carbons (Fsp3) is 0.316. The van der Waals surface area contributed by atoms with Crippen LogP contribution in [0, 0.1) is 0 Å². The Morgan fingerprint density at radius 3 is 2.39 bits per heavy atom. The van der Waals surface area contributed by atoms with Crippen LogP contribution < -0.4 is 9.64 Å². The Hall–Kier alpha value is -2.33. The van der Waals surface area contributed by atoms with E-state index in [2.05, 4.69) is 0 Å². The summed E-state index contributed by atoms with van der Waals surface area (Å²) >= 11 is 0. The van der Waals surface area contributed by atoms with Crippen molar-refractivity contribution in [1.29, 1.82) is 0 Å². The van der Waals surface area contributed by atoms with Crippen LogP contribution in [0.3, 0.4) is 0 Å². The van der Waals surface area contributed by atoms with Crippen molar-refractivity contribution in [3.63, 3.8) is 0 Å². The molecule has 0 aliphatic rings. The summed E-state index contributed by atoms with van der Waals surface area (Å²) in [5.74, 6) is 0.474. The maximum absolute atomic E-state index is 12.5. The van der Waals surface area contributed by atoms with Crippen molar-refractivity contribution in [3.05, 3.63) is 60.2 Å². The molecule has 0 radical (unpaired) electrons. The van der Waals surface area contributed by atoms with Gasteiger partial charge in [0.25, 0.3) is 5.91 Å². The minimum Gasteiger partial charge on any atom is -0.484 e. The van der Waals surface area contributed by atoms with Gasteiger partial charge >= 0.3 is 0 Å². The van der Waals surface area contributed by atoms with Crippen molar-refractivity contribution in [2.24, 2.45) is 0 Å². The summed E-state index contributed by atoms with van der Waals surface area (Å²) in [6.07, 6.45) is -0.564. The van der Waals surface area contributed by atoms with Gasteiger partial charge < -0.3 is 14.7 Å². The van der Waals surface area contributed by atoms with E-state index in [0.29, 0.717) is 5.75 Å². The summed E-state index contributed by atoms with van der Waals surface area (Å²) in [5.41, 5.74) is 1.62. The second-order valence-electron chi connectivity index (χ2n) is 5.73. The van der Waals surface area contributed by atoms with E-state index in [0.717, 1.165) is 11.3 Å². The Balaban J connectivity index is 2.07. The number of nitrogens with zero attached hydrogens (tertiary/aromatic N) is 1.